The summed E-state index contributed by atoms with van der Waals surface area (Å²) in [6, 6.07) is 5.54. The van der Waals surface area contributed by atoms with Gasteiger partial charge in [0.2, 0.25) is 0 Å². The molecule has 2 unspecified atom stereocenters. The Balaban J connectivity index is 2.07. The van der Waals surface area contributed by atoms with E-state index in [0.717, 1.165) is 37.2 Å². The zero-order valence-electron chi connectivity index (χ0n) is 12.3. The number of hydrogen-bond donors (Lipinski definition) is 1. The Kier molecular flexibility index (Phi) is 5.39. The van der Waals surface area contributed by atoms with Crippen LogP contribution in [0.2, 0.25) is 10.0 Å². The molecule has 0 bridgehead atoms. The van der Waals surface area contributed by atoms with E-state index >= 15 is 0 Å². The van der Waals surface area contributed by atoms with Gasteiger partial charge in [0.15, 0.2) is 0 Å². The van der Waals surface area contributed by atoms with E-state index in [9.17, 15) is 5.11 Å². The largest absolute Gasteiger partial charge is 0.390 e. The van der Waals surface area contributed by atoms with Crippen LogP contribution in [0.25, 0.3) is 0 Å². The van der Waals surface area contributed by atoms with E-state index in [0.29, 0.717) is 22.4 Å². The van der Waals surface area contributed by atoms with E-state index in [-0.39, 0.29) is 0 Å². The third-order valence-corrected chi connectivity index (χ3v) is 5.26. The van der Waals surface area contributed by atoms with Gasteiger partial charge in [-0.2, -0.15) is 0 Å². The minimum atomic E-state index is -0.610. The molecule has 0 aliphatic heterocycles. The Morgan fingerprint density at radius 3 is 2.65 bits per heavy atom. The van der Waals surface area contributed by atoms with Crippen molar-refractivity contribution in [3.8, 4) is 0 Å². The van der Waals surface area contributed by atoms with Crippen molar-refractivity contribution >= 4 is 23.2 Å². The van der Waals surface area contributed by atoms with Crippen molar-refractivity contribution in [2.75, 3.05) is 0 Å². The third kappa shape index (κ3) is 4.13. The van der Waals surface area contributed by atoms with Crippen LogP contribution in [0.15, 0.2) is 18.2 Å². The van der Waals surface area contributed by atoms with Gasteiger partial charge in [-0.1, -0.05) is 56.0 Å². The number of halogens is 2. The molecule has 1 aliphatic carbocycles. The summed E-state index contributed by atoms with van der Waals surface area (Å²) >= 11 is 12.2. The fraction of sp³-hybridized carbons (Fsp3) is 0.647. The summed E-state index contributed by atoms with van der Waals surface area (Å²) in [4.78, 5) is 0. The molecule has 3 heteroatoms. The second-order valence-electron chi connectivity index (χ2n) is 6.57. The maximum Gasteiger partial charge on any atom is 0.0688 e. The lowest BCUT2D eigenvalue weighted by molar-refractivity contribution is 0.0237. The number of aliphatic hydroxyl groups is 1. The van der Waals surface area contributed by atoms with Gasteiger partial charge in [0.05, 0.1) is 5.60 Å². The highest BCUT2D eigenvalue weighted by atomic mass is 35.5. The van der Waals surface area contributed by atoms with E-state index in [1.54, 1.807) is 6.07 Å². The van der Waals surface area contributed by atoms with Crippen LogP contribution in [0.4, 0.5) is 0 Å². The van der Waals surface area contributed by atoms with Crippen molar-refractivity contribution in [3.63, 3.8) is 0 Å². The van der Waals surface area contributed by atoms with Crippen LogP contribution in [-0.2, 0) is 6.42 Å². The third-order valence-electron chi connectivity index (χ3n) is 4.67. The Morgan fingerprint density at radius 1 is 1.25 bits per heavy atom. The van der Waals surface area contributed by atoms with Crippen molar-refractivity contribution in [2.24, 2.45) is 11.8 Å². The average molecular weight is 315 g/mol. The monoisotopic (exact) mass is 314 g/mol. The van der Waals surface area contributed by atoms with Crippen LogP contribution in [0.1, 0.15) is 51.5 Å². The van der Waals surface area contributed by atoms with Crippen molar-refractivity contribution in [2.45, 2.75) is 58.0 Å². The second kappa shape index (κ2) is 6.68. The first-order chi connectivity index (χ1) is 9.39. The molecule has 2 rings (SSSR count). The highest BCUT2D eigenvalue weighted by molar-refractivity contribution is 6.35. The van der Waals surface area contributed by atoms with Gasteiger partial charge in [0.1, 0.15) is 0 Å². The molecule has 112 valence electrons. The fourth-order valence-corrected chi connectivity index (χ4v) is 3.76. The van der Waals surface area contributed by atoms with Crippen LogP contribution in [0.5, 0.6) is 0 Å². The summed E-state index contributed by atoms with van der Waals surface area (Å²) in [5.41, 5.74) is 0.391. The summed E-state index contributed by atoms with van der Waals surface area (Å²) in [6.45, 7) is 4.57. The highest BCUT2D eigenvalue weighted by Gasteiger charge is 2.32. The minimum absolute atomic E-state index is 0.610. The van der Waals surface area contributed by atoms with E-state index in [1.807, 2.05) is 12.1 Å². The summed E-state index contributed by atoms with van der Waals surface area (Å²) in [5.74, 6) is 1.45. The molecule has 1 aromatic rings. The first-order valence-electron chi connectivity index (χ1n) is 7.56. The number of hydrogen-bond acceptors (Lipinski definition) is 1. The van der Waals surface area contributed by atoms with Crippen LogP contribution in [0.3, 0.4) is 0 Å². The zero-order chi connectivity index (χ0) is 14.8. The molecule has 0 radical (unpaired) electrons. The molecule has 20 heavy (non-hydrogen) atoms. The Morgan fingerprint density at radius 2 is 2.00 bits per heavy atom. The molecular weight excluding hydrogens is 291 g/mol. The fourth-order valence-electron chi connectivity index (χ4n) is 3.28. The summed E-state index contributed by atoms with van der Waals surface area (Å²) < 4.78 is 0. The average Bonchev–Trinajstić information content (AvgIpc) is 2.55. The predicted octanol–water partition coefficient (Wildman–Crippen LogP) is 5.50. The van der Waals surface area contributed by atoms with Gasteiger partial charge in [0, 0.05) is 16.5 Å². The molecule has 0 aromatic heterocycles. The Bertz CT molecular complexity index is 458. The molecule has 0 saturated heterocycles. The van der Waals surface area contributed by atoms with Gasteiger partial charge < -0.3 is 5.11 Å². The molecule has 0 amide bonds. The van der Waals surface area contributed by atoms with Crippen molar-refractivity contribution in [3.05, 3.63) is 33.8 Å². The van der Waals surface area contributed by atoms with Crippen LogP contribution < -0.4 is 0 Å². The lowest BCUT2D eigenvalue weighted by Gasteiger charge is -2.27. The summed E-state index contributed by atoms with van der Waals surface area (Å²) in [5, 5.41) is 12.2. The predicted molar refractivity (Wildman–Crippen MR) is 86.5 cm³/mol. The van der Waals surface area contributed by atoms with Crippen LogP contribution >= 0.6 is 23.2 Å². The molecule has 0 heterocycles. The molecule has 1 fully saturated rings. The van der Waals surface area contributed by atoms with Gasteiger partial charge in [-0.3, -0.25) is 0 Å². The highest BCUT2D eigenvalue weighted by Crippen LogP contribution is 2.37. The maximum absolute atomic E-state index is 10.9. The van der Waals surface area contributed by atoms with Crippen LogP contribution in [0, 0.1) is 11.8 Å². The van der Waals surface area contributed by atoms with Gasteiger partial charge >= 0.3 is 0 Å². The van der Waals surface area contributed by atoms with Crippen molar-refractivity contribution in [1.29, 1.82) is 0 Å². The Hall–Kier alpha value is -0.240. The quantitative estimate of drug-likeness (QED) is 0.730. The van der Waals surface area contributed by atoms with Crippen molar-refractivity contribution < 1.29 is 5.11 Å². The maximum atomic E-state index is 10.9. The summed E-state index contributed by atoms with van der Waals surface area (Å²) in [6.07, 6.45) is 5.82. The first kappa shape index (κ1) is 16.1. The lowest BCUT2D eigenvalue weighted by Crippen LogP contribution is -2.31. The normalized spacial score (nSPS) is 27.6. The topological polar surface area (TPSA) is 20.2 Å². The molecule has 1 nitrogen and oxygen atoms in total. The van der Waals surface area contributed by atoms with E-state index in [1.165, 1.54) is 6.42 Å². The summed E-state index contributed by atoms with van der Waals surface area (Å²) in [7, 11) is 0. The van der Waals surface area contributed by atoms with Gasteiger partial charge in [-0.05, 0) is 48.8 Å². The van der Waals surface area contributed by atoms with E-state index in [4.69, 9.17) is 23.2 Å². The standard InChI is InChI=1S/C17H24Cl2O/c1-12(2)13-4-3-8-17(20,9-7-13)11-14-5-6-15(18)10-16(14)19/h5-6,10,12-13,20H,3-4,7-9,11H2,1-2H3. The second-order valence-corrected chi connectivity index (χ2v) is 7.42. The number of rotatable bonds is 3. The molecule has 1 aromatic carbocycles. The van der Waals surface area contributed by atoms with Gasteiger partial charge in [0.25, 0.3) is 0 Å². The molecule has 2 atom stereocenters. The lowest BCUT2D eigenvalue weighted by atomic mass is 9.85. The molecular formula is C17H24Cl2O. The molecule has 1 N–H and O–H groups in total. The smallest absolute Gasteiger partial charge is 0.0688 e. The van der Waals surface area contributed by atoms with Crippen LogP contribution in [-0.4, -0.2) is 10.7 Å². The Labute approximate surface area is 132 Å². The first-order valence-corrected chi connectivity index (χ1v) is 8.31. The molecule has 1 aliphatic rings. The molecule has 1 saturated carbocycles. The molecule has 0 spiro atoms. The van der Waals surface area contributed by atoms with Gasteiger partial charge in [-0.15, -0.1) is 0 Å². The zero-order valence-corrected chi connectivity index (χ0v) is 13.8. The number of benzene rings is 1. The van der Waals surface area contributed by atoms with E-state index in [2.05, 4.69) is 13.8 Å². The van der Waals surface area contributed by atoms with Crippen molar-refractivity contribution in [1.82, 2.24) is 0 Å². The van der Waals surface area contributed by atoms with E-state index < -0.39 is 5.60 Å². The minimum Gasteiger partial charge on any atom is -0.390 e. The van der Waals surface area contributed by atoms with Gasteiger partial charge in [-0.25, -0.2) is 0 Å². The SMILES string of the molecule is CC(C)C1CCCC(O)(Cc2ccc(Cl)cc2Cl)CC1.